The Hall–Kier alpha value is -0.310. The lowest BCUT2D eigenvalue weighted by Gasteiger charge is -1.95. The molecule has 0 spiro atoms. The van der Waals surface area contributed by atoms with E-state index in [0.29, 0.717) is 0 Å². The Kier molecular flexibility index (Phi) is 2.22. The molecule has 1 aliphatic rings. The molecule has 1 aromatic heterocycles. The summed E-state index contributed by atoms with van der Waals surface area (Å²) < 4.78 is 3.12. The van der Waals surface area contributed by atoms with Gasteiger partial charge in [-0.1, -0.05) is 6.42 Å². The maximum Gasteiger partial charge on any atom is 0.107 e. The number of rotatable bonds is 0. The SMILES string of the molecule is Cn1nc2c(c1Br)CCCCC2. The first-order valence-electron chi connectivity index (χ1n) is 4.49. The van der Waals surface area contributed by atoms with E-state index in [4.69, 9.17) is 0 Å². The van der Waals surface area contributed by atoms with Crippen molar-refractivity contribution in [3.8, 4) is 0 Å². The molecule has 0 unspecified atom stereocenters. The summed E-state index contributed by atoms with van der Waals surface area (Å²) in [6, 6.07) is 0. The minimum atomic E-state index is 1.16. The van der Waals surface area contributed by atoms with E-state index in [2.05, 4.69) is 21.0 Å². The molecule has 0 fully saturated rings. The number of nitrogens with zero attached hydrogens (tertiary/aromatic N) is 2. The Morgan fingerprint density at radius 1 is 1.25 bits per heavy atom. The van der Waals surface area contributed by atoms with Crippen molar-refractivity contribution in [1.29, 1.82) is 0 Å². The third-order valence-electron chi connectivity index (χ3n) is 2.49. The molecule has 3 heteroatoms. The van der Waals surface area contributed by atoms with Crippen LogP contribution in [-0.4, -0.2) is 9.78 Å². The molecule has 66 valence electrons. The number of aromatic nitrogens is 2. The van der Waals surface area contributed by atoms with E-state index in [1.807, 2.05) is 11.7 Å². The summed E-state index contributed by atoms with van der Waals surface area (Å²) in [7, 11) is 2.00. The van der Waals surface area contributed by atoms with Crippen LogP contribution in [0.1, 0.15) is 30.5 Å². The van der Waals surface area contributed by atoms with Gasteiger partial charge in [-0.05, 0) is 41.6 Å². The third-order valence-corrected chi connectivity index (χ3v) is 3.48. The van der Waals surface area contributed by atoms with Crippen LogP contribution in [0, 0.1) is 0 Å². The second-order valence-electron chi connectivity index (χ2n) is 3.40. The predicted molar refractivity (Wildman–Crippen MR) is 52.2 cm³/mol. The molecule has 0 aromatic carbocycles. The zero-order valence-corrected chi connectivity index (χ0v) is 8.89. The van der Waals surface area contributed by atoms with E-state index in [1.54, 1.807) is 0 Å². The molecular formula is C9H13BrN2. The highest BCUT2D eigenvalue weighted by Gasteiger charge is 2.15. The fourth-order valence-electron chi connectivity index (χ4n) is 1.82. The largest absolute Gasteiger partial charge is 0.261 e. The number of fused-ring (bicyclic) bond motifs is 1. The molecule has 0 aliphatic heterocycles. The van der Waals surface area contributed by atoms with Crippen LogP contribution in [0.15, 0.2) is 4.60 Å². The maximum absolute atomic E-state index is 4.48. The van der Waals surface area contributed by atoms with Crippen molar-refractivity contribution in [3.05, 3.63) is 15.9 Å². The molecule has 0 saturated heterocycles. The molecule has 2 nitrogen and oxygen atoms in total. The van der Waals surface area contributed by atoms with Crippen LogP contribution in [0.2, 0.25) is 0 Å². The number of halogens is 1. The van der Waals surface area contributed by atoms with Gasteiger partial charge in [-0.3, -0.25) is 4.68 Å². The smallest absolute Gasteiger partial charge is 0.107 e. The lowest BCUT2D eigenvalue weighted by Crippen LogP contribution is -1.92. The van der Waals surface area contributed by atoms with Gasteiger partial charge in [0, 0.05) is 12.6 Å². The lowest BCUT2D eigenvalue weighted by molar-refractivity contribution is 0.671. The molecule has 0 N–H and O–H groups in total. The van der Waals surface area contributed by atoms with E-state index in [1.165, 1.54) is 41.5 Å². The first kappa shape index (κ1) is 8.30. The molecule has 1 aliphatic carbocycles. The number of aryl methyl sites for hydroxylation is 2. The standard InChI is InChI=1S/C9H13BrN2/c1-12-9(10)7-5-3-2-4-6-8(7)11-12/h2-6H2,1H3. The summed E-state index contributed by atoms with van der Waals surface area (Å²) in [6.07, 6.45) is 6.33. The van der Waals surface area contributed by atoms with E-state index < -0.39 is 0 Å². The van der Waals surface area contributed by atoms with Crippen LogP contribution < -0.4 is 0 Å². The molecule has 0 saturated carbocycles. The highest BCUT2D eigenvalue weighted by Crippen LogP contribution is 2.26. The van der Waals surface area contributed by atoms with Gasteiger partial charge in [0.2, 0.25) is 0 Å². The summed E-state index contributed by atoms with van der Waals surface area (Å²) in [6.45, 7) is 0. The maximum atomic E-state index is 4.48. The van der Waals surface area contributed by atoms with Crippen LogP contribution in [-0.2, 0) is 19.9 Å². The zero-order valence-electron chi connectivity index (χ0n) is 7.31. The summed E-state index contributed by atoms with van der Waals surface area (Å²) >= 11 is 3.57. The molecule has 12 heavy (non-hydrogen) atoms. The van der Waals surface area contributed by atoms with E-state index >= 15 is 0 Å². The number of hydrogen-bond donors (Lipinski definition) is 0. The normalized spacial score (nSPS) is 17.2. The minimum Gasteiger partial charge on any atom is -0.261 e. The molecule has 0 bridgehead atoms. The van der Waals surface area contributed by atoms with Gasteiger partial charge < -0.3 is 0 Å². The topological polar surface area (TPSA) is 17.8 Å². The predicted octanol–water partition coefficient (Wildman–Crippen LogP) is 2.45. The first-order valence-corrected chi connectivity index (χ1v) is 5.28. The van der Waals surface area contributed by atoms with Gasteiger partial charge in [-0.25, -0.2) is 0 Å². The summed E-state index contributed by atoms with van der Waals surface area (Å²) in [4.78, 5) is 0. The molecule has 1 heterocycles. The monoisotopic (exact) mass is 228 g/mol. The van der Waals surface area contributed by atoms with Crippen molar-refractivity contribution in [3.63, 3.8) is 0 Å². The third kappa shape index (κ3) is 1.30. The Labute approximate surface area is 81.1 Å². The molecule has 0 radical (unpaired) electrons. The van der Waals surface area contributed by atoms with E-state index in [0.717, 1.165) is 6.42 Å². The van der Waals surface area contributed by atoms with Gasteiger partial charge in [-0.2, -0.15) is 5.10 Å². The average Bonchev–Trinajstić information content (AvgIpc) is 2.30. The molecule has 0 atom stereocenters. The van der Waals surface area contributed by atoms with Gasteiger partial charge in [0.05, 0.1) is 5.69 Å². The summed E-state index contributed by atoms with van der Waals surface area (Å²) in [5.74, 6) is 0. The molecule has 2 rings (SSSR count). The minimum absolute atomic E-state index is 1.16. The Morgan fingerprint density at radius 3 is 2.83 bits per heavy atom. The van der Waals surface area contributed by atoms with Crippen LogP contribution in [0.3, 0.4) is 0 Å². The molecule has 1 aromatic rings. The fourth-order valence-corrected chi connectivity index (χ4v) is 2.33. The summed E-state index contributed by atoms with van der Waals surface area (Å²) in [5.41, 5.74) is 2.75. The molecule has 0 amide bonds. The lowest BCUT2D eigenvalue weighted by atomic mass is 10.1. The average molecular weight is 229 g/mol. The van der Waals surface area contributed by atoms with Crippen LogP contribution in [0.4, 0.5) is 0 Å². The Morgan fingerprint density at radius 2 is 2.00 bits per heavy atom. The van der Waals surface area contributed by atoms with Crippen molar-refractivity contribution in [2.24, 2.45) is 7.05 Å². The fraction of sp³-hybridized carbons (Fsp3) is 0.667. The second-order valence-corrected chi connectivity index (χ2v) is 4.15. The van der Waals surface area contributed by atoms with E-state index in [9.17, 15) is 0 Å². The van der Waals surface area contributed by atoms with Crippen molar-refractivity contribution in [2.45, 2.75) is 32.1 Å². The number of hydrogen-bond acceptors (Lipinski definition) is 1. The van der Waals surface area contributed by atoms with Crippen molar-refractivity contribution in [1.82, 2.24) is 9.78 Å². The van der Waals surface area contributed by atoms with E-state index in [-0.39, 0.29) is 0 Å². The highest BCUT2D eigenvalue weighted by atomic mass is 79.9. The van der Waals surface area contributed by atoms with Crippen molar-refractivity contribution >= 4 is 15.9 Å². The quantitative estimate of drug-likeness (QED) is 0.625. The zero-order chi connectivity index (χ0) is 8.55. The van der Waals surface area contributed by atoms with Crippen molar-refractivity contribution < 1.29 is 0 Å². The van der Waals surface area contributed by atoms with Gasteiger partial charge in [-0.15, -0.1) is 0 Å². The molecular weight excluding hydrogens is 216 g/mol. The summed E-state index contributed by atoms with van der Waals surface area (Å²) in [5, 5.41) is 4.48. The van der Waals surface area contributed by atoms with Gasteiger partial charge in [0.15, 0.2) is 0 Å². The first-order chi connectivity index (χ1) is 5.79. The van der Waals surface area contributed by atoms with Gasteiger partial charge in [0.25, 0.3) is 0 Å². The Bertz CT molecular complexity index is 291. The second kappa shape index (κ2) is 3.21. The van der Waals surface area contributed by atoms with Gasteiger partial charge >= 0.3 is 0 Å². The van der Waals surface area contributed by atoms with Crippen LogP contribution in [0.25, 0.3) is 0 Å². The Balaban J connectivity index is 2.42. The van der Waals surface area contributed by atoms with Crippen molar-refractivity contribution in [2.75, 3.05) is 0 Å². The highest BCUT2D eigenvalue weighted by molar-refractivity contribution is 9.10. The van der Waals surface area contributed by atoms with Gasteiger partial charge in [0.1, 0.15) is 4.60 Å². The van der Waals surface area contributed by atoms with Crippen LogP contribution in [0.5, 0.6) is 0 Å². The van der Waals surface area contributed by atoms with Crippen LogP contribution >= 0.6 is 15.9 Å².